The van der Waals surface area contributed by atoms with E-state index >= 15 is 0 Å². The lowest BCUT2D eigenvalue weighted by molar-refractivity contribution is -0.140. The van der Waals surface area contributed by atoms with E-state index in [9.17, 15) is 18.0 Å². The number of hydrogen-bond donors (Lipinski definition) is 1. The fourth-order valence-electron chi connectivity index (χ4n) is 5.95. The highest BCUT2D eigenvalue weighted by Gasteiger charge is 2.35. The molecule has 4 aromatic rings. The van der Waals surface area contributed by atoms with Gasteiger partial charge in [0, 0.05) is 24.0 Å². The van der Waals surface area contributed by atoms with E-state index in [-0.39, 0.29) is 35.5 Å². The third-order valence-electron chi connectivity index (χ3n) is 8.53. The van der Waals surface area contributed by atoms with Crippen LogP contribution in [0.1, 0.15) is 48.8 Å². The molecule has 0 heterocycles. The number of nitrogens with zero attached hydrogens (tertiary/aromatic N) is 2. The molecule has 0 aliphatic heterocycles. The number of carbonyl (C=O) groups excluding carboxylic acids is 2. The Balaban J connectivity index is 1.56. The molecule has 1 saturated carbocycles. The number of benzene rings is 4. The van der Waals surface area contributed by atoms with Crippen molar-refractivity contribution >= 4 is 39.1 Å². The second-order valence-electron chi connectivity index (χ2n) is 11.8. The van der Waals surface area contributed by atoms with E-state index in [1.807, 2.05) is 61.5 Å². The third kappa shape index (κ3) is 8.36. The minimum Gasteiger partial charge on any atom is -0.352 e. The monoisotopic (exact) mass is 657 g/mol. The van der Waals surface area contributed by atoms with Gasteiger partial charge in [0.1, 0.15) is 12.6 Å². The normalized spacial score (nSPS) is 14.3. The van der Waals surface area contributed by atoms with Gasteiger partial charge in [-0.15, -0.1) is 0 Å². The summed E-state index contributed by atoms with van der Waals surface area (Å²) in [5.41, 5.74) is 3.00. The van der Waals surface area contributed by atoms with E-state index in [1.165, 1.54) is 18.2 Å². The van der Waals surface area contributed by atoms with Crippen LogP contribution in [0.3, 0.4) is 0 Å². The average molecular weight is 658 g/mol. The van der Waals surface area contributed by atoms with Crippen LogP contribution in [0.25, 0.3) is 0 Å². The molecular weight excluding hydrogens is 618 g/mol. The Morgan fingerprint density at radius 1 is 0.848 bits per heavy atom. The maximum Gasteiger partial charge on any atom is 0.264 e. The molecule has 5 rings (SSSR count). The molecule has 0 aromatic heterocycles. The summed E-state index contributed by atoms with van der Waals surface area (Å²) in [7, 11) is -4.18. The number of aryl methyl sites for hydroxylation is 1. The second kappa shape index (κ2) is 15.4. The molecule has 0 radical (unpaired) electrons. The first-order valence-corrected chi connectivity index (χ1v) is 17.6. The second-order valence-corrected chi connectivity index (χ2v) is 14.1. The lowest BCUT2D eigenvalue weighted by atomic mass is 9.94. The van der Waals surface area contributed by atoms with Gasteiger partial charge in [-0.1, -0.05) is 110 Å². The van der Waals surface area contributed by atoms with Crippen LogP contribution < -0.4 is 9.62 Å². The summed E-state index contributed by atoms with van der Waals surface area (Å²) < 4.78 is 29.3. The highest BCUT2D eigenvalue weighted by atomic mass is 35.5. The summed E-state index contributed by atoms with van der Waals surface area (Å²) in [5.74, 6) is -0.736. The number of anilines is 1. The van der Waals surface area contributed by atoms with Crippen LogP contribution in [0.5, 0.6) is 0 Å². The third-order valence-corrected chi connectivity index (χ3v) is 10.6. The fraction of sp³-hybridized carbons (Fsp3) is 0.297. The molecule has 1 N–H and O–H groups in total. The van der Waals surface area contributed by atoms with E-state index in [4.69, 9.17) is 11.6 Å². The number of hydrogen-bond acceptors (Lipinski definition) is 4. The SMILES string of the molecule is Cc1ccccc1CN(C(=O)CN(c1cccc(Cl)c1)S(=O)(=O)c1ccccc1)C(Cc1ccccc1)C(=O)NC1CCCCC1. The molecule has 0 bridgehead atoms. The molecule has 1 fully saturated rings. The number of rotatable bonds is 12. The van der Waals surface area contributed by atoms with Crippen LogP contribution in [0.2, 0.25) is 5.02 Å². The van der Waals surface area contributed by atoms with Crippen molar-refractivity contribution in [3.63, 3.8) is 0 Å². The summed E-state index contributed by atoms with van der Waals surface area (Å²) >= 11 is 6.31. The summed E-state index contributed by atoms with van der Waals surface area (Å²) in [5, 5.41) is 3.58. The van der Waals surface area contributed by atoms with Crippen molar-refractivity contribution in [3.05, 3.63) is 131 Å². The van der Waals surface area contributed by atoms with Crippen molar-refractivity contribution < 1.29 is 18.0 Å². The van der Waals surface area contributed by atoms with E-state index in [2.05, 4.69) is 5.32 Å². The van der Waals surface area contributed by atoms with Crippen molar-refractivity contribution in [1.82, 2.24) is 10.2 Å². The van der Waals surface area contributed by atoms with E-state index in [0.29, 0.717) is 5.02 Å². The summed E-state index contributed by atoms with van der Waals surface area (Å²) in [6, 6.07) is 30.9. The molecular formula is C37H40ClN3O4S. The average Bonchev–Trinajstić information content (AvgIpc) is 3.07. The Hall–Kier alpha value is -4.14. The lowest BCUT2D eigenvalue weighted by Crippen LogP contribution is -2.55. The molecule has 7 nitrogen and oxygen atoms in total. The quantitative estimate of drug-likeness (QED) is 0.179. The van der Waals surface area contributed by atoms with Crippen LogP contribution >= 0.6 is 11.6 Å². The van der Waals surface area contributed by atoms with E-state index in [0.717, 1.165) is 53.1 Å². The molecule has 1 aliphatic carbocycles. The van der Waals surface area contributed by atoms with Crippen molar-refractivity contribution in [2.24, 2.45) is 0 Å². The molecule has 2 amide bonds. The smallest absolute Gasteiger partial charge is 0.264 e. The zero-order chi connectivity index (χ0) is 32.5. The maximum absolute atomic E-state index is 14.6. The first-order chi connectivity index (χ1) is 22.2. The minimum atomic E-state index is -4.18. The number of nitrogens with one attached hydrogen (secondary N) is 1. The molecule has 240 valence electrons. The van der Waals surface area contributed by atoms with Gasteiger partial charge in [0.05, 0.1) is 10.6 Å². The van der Waals surface area contributed by atoms with Gasteiger partial charge in [-0.2, -0.15) is 0 Å². The van der Waals surface area contributed by atoms with Gasteiger partial charge in [0.2, 0.25) is 11.8 Å². The first kappa shape index (κ1) is 33.2. The molecule has 1 atom stereocenters. The largest absolute Gasteiger partial charge is 0.352 e. The Labute approximate surface area is 277 Å². The minimum absolute atomic E-state index is 0.0383. The zero-order valence-corrected chi connectivity index (χ0v) is 27.6. The Morgan fingerprint density at radius 3 is 2.17 bits per heavy atom. The number of carbonyl (C=O) groups is 2. The summed E-state index contributed by atoms with van der Waals surface area (Å²) in [4.78, 5) is 30.4. The van der Waals surface area contributed by atoms with E-state index in [1.54, 1.807) is 41.3 Å². The van der Waals surface area contributed by atoms with Crippen LogP contribution in [0.4, 0.5) is 5.69 Å². The zero-order valence-electron chi connectivity index (χ0n) is 26.0. The first-order valence-electron chi connectivity index (χ1n) is 15.7. The molecule has 0 spiro atoms. The van der Waals surface area contributed by atoms with E-state index < -0.39 is 28.5 Å². The molecule has 1 aliphatic rings. The van der Waals surface area contributed by atoms with Gasteiger partial charge in [0.15, 0.2) is 0 Å². The maximum atomic E-state index is 14.6. The van der Waals surface area contributed by atoms with Crippen LogP contribution in [-0.4, -0.2) is 43.8 Å². The predicted molar refractivity (Wildman–Crippen MR) is 183 cm³/mol. The van der Waals surface area contributed by atoms with Gasteiger partial charge in [-0.05, 0) is 66.8 Å². The van der Waals surface area contributed by atoms with Crippen LogP contribution in [-0.2, 0) is 32.6 Å². The fourth-order valence-corrected chi connectivity index (χ4v) is 7.56. The van der Waals surface area contributed by atoms with Gasteiger partial charge in [0.25, 0.3) is 10.0 Å². The number of halogens is 1. The van der Waals surface area contributed by atoms with Crippen molar-refractivity contribution in [2.45, 2.75) is 69.0 Å². The highest BCUT2D eigenvalue weighted by molar-refractivity contribution is 7.92. The molecule has 4 aromatic carbocycles. The molecule has 9 heteroatoms. The molecule has 0 saturated heterocycles. The number of amides is 2. The Bertz CT molecular complexity index is 1730. The number of sulfonamides is 1. The predicted octanol–water partition coefficient (Wildman–Crippen LogP) is 6.93. The van der Waals surface area contributed by atoms with Crippen LogP contribution in [0.15, 0.2) is 114 Å². The van der Waals surface area contributed by atoms with Gasteiger partial charge in [-0.25, -0.2) is 8.42 Å². The van der Waals surface area contributed by atoms with Crippen molar-refractivity contribution in [3.8, 4) is 0 Å². The highest BCUT2D eigenvalue weighted by Crippen LogP contribution is 2.27. The van der Waals surface area contributed by atoms with Gasteiger partial charge < -0.3 is 10.2 Å². The summed E-state index contributed by atoms with van der Waals surface area (Å²) in [6.45, 7) is 1.58. The molecule has 1 unspecified atom stereocenters. The van der Waals surface area contributed by atoms with Gasteiger partial charge in [-0.3, -0.25) is 13.9 Å². The van der Waals surface area contributed by atoms with Crippen molar-refractivity contribution in [1.29, 1.82) is 0 Å². The summed E-state index contributed by atoms with van der Waals surface area (Å²) in [6.07, 6.45) is 5.31. The topological polar surface area (TPSA) is 86.8 Å². The Morgan fingerprint density at radius 2 is 1.50 bits per heavy atom. The lowest BCUT2D eigenvalue weighted by Gasteiger charge is -2.35. The van der Waals surface area contributed by atoms with Crippen molar-refractivity contribution in [2.75, 3.05) is 10.8 Å². The van der Waals surface area contributed by atoms with Gasteiger partial charge >= 0.3 is 0 Å². The van der Waals surface area contributed by atoms with Crippen LogP contribution in [0, 0.1) is 6.92 Å². The Kier molecular flexibility index (Phi) is 11.1. The molecule has 46 heavy (non-hydrogen) atoms. The standard InChI is InChI=1S/C37H40ClN3O4S/c1-28-14-11-12-17-30(28)26-40(35(24-29-15-5-2-6-16-29)37(43)39-32-19-7-3-8-20-32)36(42)27-41(33-21-13-18-31(38)25-33)46(44,45)34-22-9-4-10-23-34/h2,4-6,9-18,21-23,25,32,35H,3,7-8,19-20,24,26-27H2,1H3,(H,39,43).